The zero-order valence-electron chi connectivity index (χ0n) is 17.9. The lowest BCUT2D eigenvalue weighted by molar-refractivity contribution is -0.00294. The average molecular weight is 423 g/mol. The van der Waals surface area contributed by atoms with Crippen LogP contribution in [0.15, 0.2) is 12.1 Å². The minimum atomic E-state index is -0.134. The fraction of sp³-hybridized carbons (Fsp3) is 0.682. The third kappa shape index (κ3) is 4.98. The summed E-state index contributed by atoms with van der Waals surface area (Å²) in [7, 11) is 1.55. The van der Waals surface area contributed by atoms with E-state index in [1.165, 1.54) is 0 Å². The number of hydrogen-bond donors (Lipinski definition) is 2. The maximum Gasteiger partial charge on any atom is 0.255 e. The third-order valence-electron chi connectivity index (χ3n) is 6.35. The number of piperidine rings is 3. The van der Waals surface area contributed by atoms with Crippen molar-refractivity contribution >= 4 is 23.2 Å². The van der Waals surface area contributed by atoms with Crippen molar-refractivity contribution in [1.82, 2.24) is 15.1 Å². The van der Waals surface area contributed by atoms with Gasteiger partial charge in [-0.05, 0) is 63.8 Å². The Morgan fingerprint density at radius 2 is 1.93 bits per heavy atom. The molecule has 3 fully saturated rings. The van der Waals surface area contributed by atoms with Crippen LogP contribution in [0, 0.1) is 5.92 Å². The molecular formula is C22H35ClN4O2. The number of carbonyl (C=O) groups excluding carboxylic acids is 1. The number of nitrogen functional groups attached to an aromatic ring is 1. The Hall–Kier alpha value is -1.50. The standard InChI is InChI=1S/C22H35ClN4O2/c1-4-8-26(9-5-2)14-19-21(15-6-10-27(19)11-7-15)25-22(28)16-12-17(23)18(24)13-20(16)29-3/h12-13,15,19,21H,4-11,14,24H2,1-3H3,(H,25,28). The van der Waals surface area contributed by atoms with Crippen LogP contribution in [0.5, 0.6) is 5.75 Å². The lowest BCUT2D eigenvalue weighted by Gasteiger charge is -2.52. The first kappa shape index (κ1) is 22.2. The smallest absolute Gasteiger partial charge is 0.255 e. The predicted molar refractivity (Wildman–Crippen MR) is 119 cm³/mol. The summed E-state index contributed by atoms with van der Waals surface area (Å²) < 4.78 is 5.39. The Bertz CT molecular complexity index is 700. The van der Waals surface area contributed by atoms with Gasteiger partial charge in [-0.3, -0.25) is 9.69 Å². The highest BCUT2D eigenvalue weighted by Crippen LogP contribution is 2.34. The molecule has 1 aromatic rings. The summed E-state index contributed by atoms with van der Waals surface area (Å²) >= 11 is 6.18. The second kappa shape index (κ2) is 10.0. The molecule has 162 valence electrons. The molecule has 6 nitrogen and oxygen atoms in total. The van der Waals surface area contributed by atoms with Crippen molar-refractivity contribution in [3.8, 4) is 5.75 Å². The summed E-state index contributed by atoms with van der Waals surface area (Å²) in [5, 5.41) is 3.71. The van der Waals surface area contributed by atoms with E-state index in [1.54, 1.807) is 19.2 Å². The van der Waals surface area contributed by atoms with Gasteiger partial charge in [-0.25, -0.2) is 0 Å². The van der Waals surface area contributed by atoms with Gasteiger partial charge in [0.05, 0.1) is 23.4 Å². The predicted octanol–water partition coefficient (Wildman–Crippen LogP) is 3.25. The number of benzene rings is 1. The van der Waals surface area contributed by atoms with Crippen molar-refractivity contribution in [3.05, 3.63) is 22.7 Å². The summed E-state index contributed by atoms with van der Waals surface area (Å²) in [6.07, 6.45) is 4.58. The molecule has 3 heterocycles. The highest BCUT2D eigenvalue weighted by Gasteiger charge is 2.43. The molecule has 1 amide bonds. The summed E-state index contributed by atoms with van der Waals surface area (Å²) in [6.45, 7) is 9.92. The molecule has 0 aliphatic carbocycles. The van der Waals surface area contributed by atoms with Gasteiger partial charge in [-0.1, -0.05) is 25.4 Å². The van der Waals surface area contributed by atoms with Crippen molar-refractivity contribution < 1.29 is 9.53 Å². The van der Waals surface area contributed by atoms with Crippen LogP contribution >= 0.6 is 11.6 Å². The summed E-state index contributed by atoms with van der Waals surface area (Å²) in [5.74, 6) is 0.847. The number of anilines is 1. The second-order valence-corrected chi connectivity index (χ2v) is 8.72. The maximum atomic E-state index is 13.2. The number of halogens is 1. The van der Waals surface area contributed by atoms with Gasteiger partial charge < -0.3 is 20.7 Å². The average Bonchev–Trinajstić information content (AvgIpc) is 2.72. The van der Waals surface area contributed by atoms with Crippen LogP contribution in [0.4, 0.5) is 5.69 Å². The molecule has 3 saturated heterocycles. The van der Waals surface area contributed by atoms with Gasteiger partial charge >= 0.3 is 0 Å². The molecular weight excluding hydrogens is 388 g/mol. The molecule has 3 N–H and O–H groups in total. The number of ether oxygens (including phenoxy) is 1. The van der Waals surface area contributed by atoms with Crippen molar-refractivity contribution in [2.75, 3.05) is 45.6 Å². The molecule has 2 bridgehead atoms. The first-order valence-electron chi connectivity index (χ1n) is 10.9. The molecule has 2 unspecified atom stereocenters. The molecule has 1 aromatic carbocycles. The number of fused-ring (bicyclic) bond motifs is 3. The molecule has 4 rings (SSSR count). The molecule has 3 aliphatic rings. The normalized spacial score (nSPS) is 26.0. The molecule has 0 saturated carbocycles. The summed E-state index contributed by atoms with van der Waals surface area (Å²) in [4.78, 5) is 18.3. The van der Waals surface area contributed by atoms with Gasteiger partial charge in [-0.15, -0.1) is 0 Å². The molecule has 29 heavy (non-hydrogen) atoms. The van der Waals surface area contributed by atoms with E-state index in [4.69, 9.17) is 22.1 Å². The Morgan fingerprint density at radius 1 is 1.28 bits per heavy atom. The van der Waals surface area contributed by atoms with Gasteiger partial charge in [-0.2, -0.15) is 0 Å². The molecule has 0 aromatic heterocycles. The van der Waals surface area contributed by atoms with Crippen molar-refractivity contribution in [2.45, 2.75) is 51.6 Å². The zero-order chi connectivity index (χ0) is 21.0. The lowest BCUT2D eigenvalue weighted by Crippen LogP contribution is -2.66. The third-order valence-corrected chi connectivity index (χ3v) is 6.68. The second-order valence-electron chi connectivity index (χ2n) is 8.31. The van der Waals surface area contributed by atoms with Crippen LogP contribution in [0.3, 0.4) is 0 Å². The number of methoxy groups -OCH3 is 1. The van der Waals surface area contributed by atoms with Crippen LogP contribution in [-0.4, -0.2) is 67.6 Å². The Balaban J connectivity index is 1.80. The topological polar surface area (TPSA) is 70.8 Å². The Kier molecular flexibility index (Phi) is 7.66. The number of rotatable bonds is 9. The quantitative estimate of drug-likeness (QED) is 0.598. The zero-order valence-corrected chi connectivity index (χ0v) is 18.7. The fourth-order valence-corrected chi connectivity index (χ4v) is 5.09. The molecule has 7 heteroatoms. The molecule has 2 atom stereocenters. The van der Waals surface area contributed by atoms with E-state index in [0.717, 1.165) is 58.4 Å². The van der Waals surface area contributed by atoms with Gasteiger partial charge in [0, 0.05) is 24.7 Å². The van der Waals surface area contributed by atoms with Crippen LogP contribution in [0.25, 0.3) is 0 Å². The lowest BCUT2D eigenvalue weighted by atomic mass is 9.78. The number of carbonyl (C=O) groups is 1. The summed E-state index contributed by atoms with van der Waals surface area (Å²) in [5.41, 5.74) is 6.73. The van der Waals surface area contributed by atoms with E-state index in [0.29, 0.717) is 34.0 Å². The van der Waals surface area contributed by atoms with Crippen LogP contribution < -0.4 is 15.8 Å². The van der Waals surface area contributed by atoms with E-state index in [-0.39, 0.29) is 11.9 Å². The monoisotopic (exact) mass is 422 g/mol. The number of hydrogen-bond acceptors (Lipinski definition) is 5. The first-order chi connectivity index (χ1) is 14.0. The van der Waals surface area contributed by atoms with E-state index in [1.807, 2.05) is 0 Å². The van der Waals surface area contributed by atoms with E-state index < -0.39 is 0 Å². The summed E-state index contributed by atoms with van der Waals surface area (Å²) in [6, 6.07) is 3.72. The van der Waals surface area contributed by atoms with E-state index in [2.05, 4.69) is 29.0 Å². The van der Waals surface area contributed by atoms with E-state index in [9.17, 15) is 4.79 Å². The largest absolute Gasteiger partial charge is 0.496 e. The molecule has 3 aliphatic heterocycles. The Labute approximate surface area is 179 Å². The molecule has 0 spiro atoms. The number of nitrogens with two attached hydrogens (primary N) is 1. The number of nitrogens with zero attached hydrogens (tertiary/aromatic N) is 2. The minimum Gasteiger partial charge on any atom is -0.496 e. The van der Waals surface area contributed by atoms with Gasteiger partial charge in [0.25, 0.3) is 5.91 Å². The first-order valence-corrected chi connectivity index (χ1v) is 11.3. The SMILES string of the molecule is CCCN(CCC)CC1C(NC(=O)c2cc(Cl)c(N)cc2OC)C2CCN1CC2. The fourth-order valence-electron chi connectivity index (χ4n) is 4.93. The van der Waals surface area contributed by atoms with E-state index >= 15 is 0 Å². The Morgan fingerprint density at radius 3 is 2.52 bits per heavy atom. The van der Waals surface area contributed by atoms with Gasteiger partial charge in [0.2, 0.25) is 0 Å². The number of amides is 1. The minimum absolute atomic E-state index is 0.134. The highest BCUT2D eigenvalue weighted by molar-refractivity contribution is 6.33. The highest BCUT2D eigenvalue weighted by atomic mass is 35.5. The van der Waals surface area contributed by atoms with Crippen molar-refractivity contribution in [2.24, 2.45) is 5.92 Å². The van der Waals surface area contributed by atoms with Crippen LogP contribution in [0.2, 0.25) is 5.02 Å². The maximum absolute atomic E-state index is 13.2. The van der Waals surface area contributed by atoms with Gasteiger partial charge in [0.15, 0.2) is 0 Å². The van der Waals surface area contributed by atoms with Gasteiger partial charge in [0.1, 0.15) is 5.75 Å². The molecule has 0 radical (unpaired) electrons. The van der Waals surface area contributed by atoms with Crippen LogP contribution in [0.1, 0.15) is 49.9 Å². The number of nitrogens with one attached hydrogen (secondary N) is 1. The van der Waals surface area contributed by atoms with Crippen LogP contribution in [-0.2, 0) is 0 Å². The van der Waals surface area contributed by atoms with Crippen molar-refractivity contribution in [1.29, 1.82) is 0 Å². The van der Waals surface area contributed by atoms with Crippen molar-refractivity contribution in [3.63, 3.8) is 0 Å².